The summed E-state index contributed by atoms with van der Waals surface area (Å²) in [5, 5.41) is 10.9. The molecule has 1 aromatic rings. The summed E-state index contributed by atoms with van der Waals surface area (Å²) in [5.74, 6) is -1.60. The molecule has 0 aliphatic carbocycles. The molecule has 44 heavy (non-hydrogen) atoms. The Morgan fingerprint density at radius 3 is 1.93 bits per heavy atom. The highest BCUT2D eigenvalue weighted by Crippen LogP contribution is 2.11. The average molecular weight is 637 g/mol. The predicted molar refractivity (Wildman–Crippen MR) is 174 cm³/mol. The molecule has 4 atom stereocenters. The Labute approximate surface area is 265 Å². The van der Waals surface area contributed by atoms with Gasteiger partial charge >= 0.3 is 6.09 Å². The lowest BCUT2D eigenvalue weighted by atomic mass is 10.00. The van der Waals surface area contributed by atoms with Crippen molar-refractivity contribution in [2.24, 2.45) is 23.3 Å². The minimum Gasteiger partial charge on any atom is -0.449 e. The van der Waals surface area contributed by atoms with Gasteiger partial charge in [0.15, 0.2) is 0 Å². The highest BCUT2D eigenvalue weighted by atomic mass is 32.2. The van der Waals surface area contributed by atoms with Gasteiger partial charge in [-0.25, -0.2) is 4.79 Å². The van der Waals surface area contributed by atoms with Gasteiger partial charge in [0.2, 0.25) is 23.6 Å². The second-order valence-electron chi connectivity index (χ2n) is 11.7. The lowest BCUT2D eigenvalue weighted by Gasteiger charge is -2.27. The summed E-state index contributed by atoms with van der Waals surface area (Å²) in [6.45, 7) is 8.28. The Morgan fingerprint density at radius 2 is 1.36 bits per heavy atom. The number of hydrogen-bond acceptors (Lipinski definition) is 8. The second-order valence-corrected chi connectivity index (χ2v) is 12.6. The molecule has 13 heteroatoms. The molecule has 0 bridgehead atoms. The van der Waals surface area contributed by atoms with Crippen molar-refractivity contribution >= 4 is 41.5 Å². The number of amides is 5. The summed E-state index contributed by atoms with van der Waals surface area (Å²) in [5.41, 5.74) is 11.9. The Balaban J connectivity index is 3.16. The second kappa shape index (κ2) is 21.4. The SMILES string of the molecule is CSCC[C@H](NC(=O)OCC(C)C)C(=O)N[C@@H](CC(C)C)C(=O)N[C@@H](Cc1ccccc1)C(=O)N[C@@H](CCCCN)C(N)=O. The fourth-order valence-corrected chi connectivity index (χ4v) is 4.76. The largest absolute Gasteiger partial charge is 0.449 e. The van der Waals surface area contributed by atoms with Crippen LogP contribution < -0.4 is 32.7 Å². The zero-order valence-electron chi connectivity index (χ0n) is 26.7. The number of rotatable bonds is 21. The van der Waals surface area contributed by atoms with Crippen molar-refractivity contribution < 1.29 is 28.7 Å². The Bertz CT molecular complexity index is 1040. The van der Waals surface area contributed by atoms with E-state index in [1.165, 1.54) is 11.8 Å². The minimum absolute atomic E-state index is 0.0165. The van der Waals surface area contributed by atoms with Crippen LogP contribution in [-0.2, 0) is 30.3 Å². The summed E-state index contributed by atoms with van der Waals surface area (Å²) in [6.07, 6.45) is 3.53. The first-order valence-electron chi connectivity index (χ1n) is 15.2. The molecule has 1 rings (SSSR count). The third-order valence-corrected chi connectivity index (χ3v) is 7.27. The number of hydrogen-bond donors (Lipinski definition) is 6. The van der Waals surface area contributed by atoms with Crippen LogP contribution in [0.3, 0.4) is 0 Å². The number of nitrogens with one attached hydrogen (secondary N) is 4. The smallest absolute Gasteiger partial charge is 0.407 e. The van der Waals surface area contributed by atoms with E-state index >= 15 is 0 Å². The van der Waals surface area contributed by atoms with Crippen LogP contribution in [0.2, 0.25) is 0 Å². The van der Waals surface area contributed by atoms with Crippen LogP contribution in [0.5, 0.6) is 0 Å². The van der Waals surface area contributed by atoms with E-state index in [0.717, 1.165) is 5.56 Å². The number of ether oxygens (including phenoxy) is 1. The molecule has 0 aliphatic rings. The molecule has 5 amide bonds. The van der Waals surface area contributed by atoms with Crippen LogP contribution in [0.4, 0.5) is 4.79 Å². The molecule has 12 nitrogen and oxygen atoms in total. The molecular formula is C31H52N6O6S. The number of nitrogens with two attached hydrogens (primary N) is 2. The van der Waals surface area contributed by atoms with Gasteiger partial charge in [0, 0.05) is 6.42 Å². The highest BCUT2D eigenvalue weighted by molar-refractivity contribution is 7.98. The molecule has 0 spiro atoms. The van der Waals surface area contributed by atoms with Crippen LogP contribution in [-0.4, -0.2) is 79.0 Å². The fourth-order valence-electron chi connectivity index (χ4n) is 4.29. The standard InChI is InChI=1S/C31H52N6O6S/c1-20(2)17-25(35-28(39)24(14-16-44-5)37-31(42)43-19-21(3)4)29(40)36-26(18-22-11-7-6-8-12-22)30(41)34-23(27(33)38)13-9-10-15-32/h6-8,11-12,20-21,23-26H,9-10,13-19,32H2,1-5H3,(H2,33,38)(H,34,41)(H,35,39)(H,36,40)(H,37,42)/t23-,24-,25-,26-/m0/s1. The number of alkyl carbamates (subject to hydrolysis) is 1. The quantitative estimate of drug-likeness (QED) is 0.110. The van der Waals surface area contributed by atoms with Crippen LogP contribution in [0, 0.1) is 11.8 Å². The monoisotopic (exact) mass is 636 g/mol. The maximum absolute atomic E-state index is 13.7. The summed E-state index contributed by atoms with van der Waals surface area (Å²) in [4.78, 5) is 64.9. The average Bonchev–Trinajstić information content (AvgIpc) is 2.97. The van der Waals surface area contributed by atoms with Crippen molar-refractivity contribution in [1.29, 1.82) is 0 Å². The van der Waals surface area contributed by atoms with Gasteiger partial charge in [-0.15, -0.1) is 0 Å². The van der Waals surface area contributed by atoms with E-state index < -0.39 is 53.9 Å². The first-order chi connectivity index (χ1) is 20.9. The Kier molecular flexibility index (Phi) is 18.8. The van der Waals surface area contributed by atoms with E-state index in [1.807, 2.05) is 64.3 Å². The van der Waals surface area contributed by atoms with Gasteiger partial charge in [-0.3, -0.25) is 19.2 Å². The molecule has 0 saturated heterocycles. The maximum atomic E-state index is 13.7. The van der Waals surface area contributed by atoms with Crippen molar-refractivity contribution in [3.63, 3.8) is 0 Å². The van der Waals surface area contributed by atoms with Gasteiger partial charge in [0.25, 0.3) is 0 Å². The first-order valence-corrected chi connectivity index (χ1v) is 16.6. The lowest BCUT2D eigenvalue weighted by molar-refractivity contribution is -0.134. The van der Waals surface area contributed by atoms with E-state index in [-0.39, 0.29) is 31.3 Å². The van der Waals surface area contributed by atoms with Crippen LogP contribution >= 0.6 is 11.8 Å². The first kappa shape index (κ1) is 38.7. The highest BCUT2D eigenvalue weighted by Gasteiger charge is 2.31. The van der Waals surface area contributed by atoms with Gasteiger partial charge in [0.1, 0.15) is 24.2 Å². The summed E-state index contributed by atoms with van der Waals surface area (Å²) >= 11 is 1.52. The van der Waals surface area contributed by atoms with Crippen LogP contribution in [0.1, 0.15) is 65.4 Å². The zero-order chi connectivity index (χ0) is 33.1. The molecule has 0 fully saturated rings. The van der Waals surface area contributed by atoms with Crippen molar-refractivity contribution in [3.8, 4) is 0 Å². The molecule has 8 N–H and O–H groups in total. The Morgan fingerprint density at radius 1 is 0.773 bits per heavy atom. The van der Waals surface area contributed by atoms with Crippen molar-refractivity contribution in [1.82, 2.24) is 21.3 Å². The van der Waals surface area contributed by atoms with Crippen molar-refractivity contribution in [3.05, 3.63) is 35.9 Å². The molecular weight excluding hydrogens is 584 g/mol. The topological polar surface area (TPSA) is 195 Å². The van der Waals surface area contributed by atoms with Crippen molar-refractivity contribution in [2.75, 3.05) is 25.2 Å². The van der Waals surface area contributed by atoms with E-state index in [1.54, 1.807) is 0 Å². The number of unbranched alkanes of at least 4 members (excludes halogenated alkanes) is 1. The molecule has 248 valence electrons. The summed E-state index contributed by atoms with van der Waals surface area (Å²) in [6, 6.07) is 5.25. The van der Waals surface area contributed by atoms with Gasteiger partial charge in [-0.2, -0.15) is 11.8 Å². The van der Waals surface area contributed by atoms with E-state index in [9.17, 15) is 24.0 Å². The lowest BCUT2D eigenvalue weighted by Crippen LogP contribution is -2.58. The van der Waals surface area contributed by atoms with E-state index in [0.29, 0.717) is 38.0 Å². The predicted octanol–water partition coefficient (Wildman–Crippen LogP) is 1.85. The number of thioether (sulfide) groups is 1. The molecule has 0 unspecified atom stereocenters. The summed E-state index contributed by atoms with van der Waals surface area (Å²) < 4.78 is 5.20. The minimum atomic E-state index is -1.05. The van der Waals surface area contributed by atoms with Gasteiger partial charge < -0.3 is 37.5 Å². The van der Waals surface area contributed by atoms with Crippen molar-refractivity contribution in [2.45, 2.75) is 90.4 Å². The molecule has 0 heterocycles. The normalized spacial score (nSPS) is 13.8. The maximum Gasteiger partial charge on any atom is 0.407 e. The van der Waals surface area contributed by atoms with Gasteiger partial charge in [0.05, 0.1) is 6.61 Å². The van der Waals surface area contributed by atoms with E-state index in [2.05, 4.69) is 21.3 Å². The zero-order valence-corrected chi connectivity index (χ0v) is 27.5. The van der Waals surface area contributed by atoms with E-state index in [4.69, 9.17) is 16.2 Å². The van der Waals surface area contributed by atoms with Gasteiger partial charge in [-0.1, -0.05) is 58.0 Å². The summed E-state index contributed by atoms with van der Waals surface area (Å²) in [7, 11) is 0. The third-order valence-electron chi connectivity index (χ3n) is 6.63. The van der Waals surface area contributed by atoms with Crippen LogP contribution in [0.25, 0.3) is 0 Å². The van der Waals surface area contributed by atoms with Gasteiger partial charge in [-0.05, 0) is 68.1 Å². The molecule has 0 aromatic heterocycles. The number of carbonyl (C=O) groups is 5. The molecule has 0 aliphatic heterocycles. The fraction of sp³-hybridized carbons (Fsp3) is 0.645. The molecule has 1 aromatic carbocycles. The number of benzene rings is 1. The molecule has 0 radical (unpaired) electrons. The number of carbonyl (C=O) groups excluding carboxylic acids is 5. The number of primary amides is 1. The third kappa shape index (κ3) is 15.9. The Hall–Kier alpha value is -3.32. The molecule has 0 saturated carbocycles. The van der Waals surface area contributed by atoms with Crippen LogP contribution in [0.15, 0.2) is 30.3 Å².